The van der Waals surface area contributed by atoms with Crippen molar-refractivity contribution >= 4 is 21.6 Å². The second kappa shape index (κ2) is 10.1. The Morgan fingerprint density at radius 1 is 0.971 bits per heavy atom. The quantitative estimate of drug-likeness (QED) is 0.529. The molecule has 1 aliphatic heterocycles. The van der Waals surface area contributed by atoms with E-state index in [2.05, 4.69) is 5.32 Å². The molecule has 7 nitrogen and oxygen atoms in total. The van der Waals surface area contributed by atoms with Crippen LogP contribution in [0.15, 0.2) is 71.6 Å². The highest BCUT2D eigenvalue weighted by Gasteiger charge is 2.28. The van der Waals surface area contributed by atoms with Gasteiger partial charge in [0.1, 0.15) is 25.6 Å². The van der Waals surface area contributed by atoms with Gasteiger partial charge in [0, 0.05) is 12.6 Å². The van der Waals surface area contributed by atoms with E-state index in [0.29, 0.717) is 36.8 Å². The highest BCUT2D eigenvalue weighted by Crippen LogP contribution is 2.34. The van der Waals surface area contributed by atoms with Gasteiger partial charge in [0.2, 0.25) is 5.91 Å². The number of fused-ring (bicyclic) bond motifs is 1. The molecule has 3 aromatic rings. The lowest BCUT2D eigenvalue weighted by Gasteiger charge is -2.25. The first-order valence-electron chi connectivity index (χ1n) is 10.8. The summed E-state index contributed by atoms with van der Waals surface area (Å²) >= 11 is 0. The lowest BCUT2D eigenvalue weighted by Crippen LogP contribution is -2.41. The number of nitrogens with one attached hydrogen (secondary N) is 1. The SMILES string of the molecule is Cc1ccc(N(CC(=O)NCCc2ccc(F)cc2)S(=O)(=O)c2ccc3c(c2)OCCO3)cc1. The molecule has 0 spiro atoms. The highest BCUT2D eigenvalue weighted by atomic mass is 32.2. The van der Waals surface area contributed by atoms with Crippen molar-refractivity contribution in [3.05, 3.63) is 83.7 Å². The lowest BCUT2D eigenvalue weighted by molar-refractivity contribution is -0.119. The second-order valence-corrected chi connectivity index (χ2v) is 9.74. The summed E-state index contributed by atoms with van der Waals surface area (Å²) in [6, 6.07) is 17.3. The molecule has 4 rings (SSSR count). The Balaban J connectivity index is 1.53. The second-order valence-electron chi connectivity index (χ2n) is 7.88. The molecule has 9 heteroatoms. The zero-order valence-electron chi connectivity index (χ0n) is 18.7. The molecule has 0 radical (unpaired) electrons. The lowest BCUT2D eigenvalue weighted by atomic mass is 10.1. The number of nitrogens with zero attached hydrogens (tertiary/aromatic N) is 1. The van der Waals surface area contributed by atoms with E-state index in [0.717, 1.165) is 15.4 Å². The van der Waals surface area contributed by atoms with Crippen molar-refractivity contribution in [2.75, 3.05) is 30.6 Å². The summed E-state index contributed by atoms with van der Waals surface area (Å²) < 4.78 is 52.3. The van der Waals surface area contributed by atoms with Crippen LogP contribution in [0.2, 0.25) is 0 Å². The minimum absolute atomic E-state index is 0.00330. The molecule has 0 atom stereocenters. The molecule has 1 amide bonds. The van der Waals surface area contributed by atoms with Crippen molar-refractivity contribution < 1.29 is 27.1 Å². The van der Waals surface area contributed by atoms with Gasteiger partial charge in [-0.3, -0.25) is 9.10 Å². The third-order valence-corrected chi connectivity index (χ3v) is 7.13. The predicted molar refractivity (Wildman–Crippen MR) is 126 cm³/mol. The zero-order chi connectivity index (χ0) is 24.1. The van der Waals surface area contributed by atoms with Crippen LogP contribution in [-0.4, -0.2) is 40.6 Å². The molecule has 3 aromatic carbocycles. The Kier molecular flexibility index (Phi) is 7.02. The fourth-order valence-corrected chi connectivity index (χ4v) is 4.96. The van der Waals surface area contributed by atoms with Crippen LogP contribution in [0.3, 0.4) is 0 Å². The molecule has 0 aromatic heterocycles. The summed E-state index contributed by atoms with van der Waals surface area (Å²) in [5.74, 6) is 0.0419. The van der Waals surface area contributed by atoms with Crippen molar-refractivity contribution in [3.63, 3.8) is 0 Å². The minimum atomic E-state index is -4.08. The van der Waals surface area contributed by atoms with Gasteiger partial charge in [-0.1, -0.05) is 29.8 Å². The average molecular weight is 485 g/mol. The van der Waals surface area contributed by atoms with Gasteiger partial charge in [-0.25, -0.2) is 12.8 Å². The van der Waals surface area contributed by atoms with E-state index in [-0.39, 0.29) is 17.3 Å². The highest BCUT2D eigenvalue weighted by molar-refractivity contribution is 7.92. The van der Waals surface area contributed by atoms with E-state index in [4.69, 9.17) is 9.47 Å². The molecule has 1 N–H and O–H groups in total. The molecular formula is C25H25FN2O5S. The van der Waals surface area contributed by atoms with Crippen LogP contribution in [0.25, 0.3) is 0 Å². The molecule has 0 fully saturated rings. The number of benzene rings is 3. The van der Waals surface area contributed by atoms with Crippen molar-refractivity contribution in [3.8, 4) is 11.5 Å². The number of hydrogen-bond acceptors (Lipinski definition) is 5. The average Bonchev–Trinajstić information content (AvgIpc) is 2.84. The molecule has 1 heterocycles. The summed E-state index contributed by atoms with van der Waals surface area (Å²) in [6.07, 6.45) is 0.492. The van der Waals surface area contributed by atoms with E-state index in [1.807, 2.05) is 6.92 Å². The summed E-state index contributed by atoms with van der Waals surface area (Å²) in [5, 5.41) is 2.75. The number of amides is 1. The van der Waals surface area contributed by atoms with Gasteiger partial charge in [0.15, 0.2) is 11.5 Å². The van der Waals surface area contributed by atoms with Gasteiger partial charge in [-0.15, -0.1) is 0 Å². The van der Waals surface area contributed by atoms with Gasteiger partial charge >= 0.3 is 0 Å². The van der Waals surface area contributed by atoms with Gasteiger partial charge in [0.25, 0.3) is 10.0 Å². The summed E-state index contributed by atoms with van der Waals surface area (Å²) in [6.45, 7) is 2.51. The first-order chi connectivity index (χ1) is 16.3. The summed E-state index contributed by atoms with van der Waals surface area (Å²) in [5.41, 5.74) is 2.19. The van der Waals surface area contributed by atoms with Gasteiger partial charge in [0.05, 0.1) is 10.6 Å². The van der Waals surface area contributed by atoms with Gasteiger partial charge in [-0.05, 0) is 55.3 Å². The van der Waals surface area contributed by atoms with Crippen LogP contribution >= 0.6 is 0 Å². The van der Waals surface area contributed by atoms with E-state index in [1.165, 1.54) is 24.3 Å². The largest absolute Gasteiger partial charge is 0.486 e. The molecular weight excluding hydrogens is 459 g/mol. The predicted octanol–water partition coefficient (Wildman–Crippen LogP) is 3.46. The summed E-state index contributed by atoms with van der Waals surface area (Å²) in [7, 11) is -4.08. The number of carbonyl (C=O) groups is 1. The fourth-order valence-electron chi connectivity index (χ4n) is 3.52. The summed E-state index contributed by atoms with van der Waals surface area (Å²) in [4.78, 5) is 12.7. The minimum Gasteiger partial charge on any atom is -0.486 e. The topological polar surface area (TPSA) is 84.9 Å². The van der Waals surface area contributed by atoms with Gasteiger partial charge in [-0.2, -0.15) is 0 Å². The van der Waals surface area contributed by atoms with E-state index < -0.39 is 22.5 Å². The number of aryl methyl sites for hydroxylation is 1. The molecule has 34 heavy (non-hydrogen) atoms. The number of rotatable bonds is 8. The monoisotopic (exact) mass is 484 g/mol. The van der Waals surface area contributed by atoms with Crippen molar-refractivity contribution in [1.29, 1.82) is 0 Å². The van der Waals surface area contributed by atoms with E-state index >= 15 is 0 Å². The Bertz CT molecular complexity index is 1260. The number of hydrogen-bond donors (Lipinski definition) is 1. The number of carbonyl (C=O) groups excluding carboxylic acids is 1. The van der Waals surface area contributed by atoms with Crippen molar-refractivity contribution in [2.24, 2.45) is 0 Å². The maximum absolute atomic E-state index is 13.6. The maximum atomic E-state index is 13.6. The number of ether oxygens (including phenoxy) is 2. The molecule has 0 saturated heterocycles. The Morgan fingerprint density at radius 3 is 2.35 bits per heavy atom. The Morgan fingerprint density at radius 2 is 1.65 bits per heavy atom. The molecule has 178 valence electrons. The molecule has 0 bridgehead atoms. The fraction of sp³-hybridized carbons (Fsp3) is 0.240. The standard InChI is InChI=1S/C25H25FN2O5S/c1-18-2-8-21(9-3-18)28(17-25(29)27-13-12-19-4-6-20(26)7-5-19)34(30,31)22-10-11-23-24(16-22)33-15-14-32-23/h2-11,16H,12-15,17H2,1H3,(H,27,29). The number of halogens is 1. The third-order valence-electron chi connectivity index (χ3n) is 5.36. The first kappa shape index (κ1) is 23.6. The molecule has 0 saturated carbocycles. The van der Waals surface area contributed by atoms with E-state index in [9.17, 15) is 17.6 Å². The van der Waals surface area contributed by atoms with E-state index in [1.54, 1.807) is 42.5 Å². The Hall–Kier alpha value is -3.59. The van der Waals surface area contributed by atoms with Crippen LogP contribution in [0.1, 0.15) is 11.1 Å². The first-order valence-corrected chi connectivity index (χ1v) is 12.3. The Labute approximate surface area is 198 Å². The van der Waals surface area contributed by atoms with Gasteiger partial charge < -0.3 is 14.8 Å². The van der Waals surface area contributed by atoms with Crippen LogP contribution < -0.4 is 19.1 Å². The van der Waals surface area contributed by atoms with Crippen molar-refractivity contribution in [2.45, 2.75) is 18.2 Å². The zero-order valence-corrected chi connectivity index (χ0v) is 19.5. The molecule has 1 aliphatic rings. The normalized spacial score (nSPS) is 12.8. The maximum Gasteiger partial charge on any atom is 0.264 e. The van der Waals surface area contributed by atoms with Crippen LogP contribution in [0.5, 0.6) is 11.5 Å². The van der Waals surface area contributed by atoms with Crippen LogP contribution in [0, 0.1) is 12.7 Å². The number of sulfonamides is 1. The third kappa shape index (κ3) is 5.48. The van der Waals surface area contributed by atoms with Crippen molar-refractivity contribution in [1.82, 2.24) is 5.32 Å². The number of anilines is 1. The smallest absolute Gasteiger partial charge is 0.264 e. The molecule has 0 aliphatic carbocycles. The van der Waals surface area contributed by atoms with Crippen LogP contribution in [-0.2, 0) is 21.2 Å². The molecule has 0 unspecified atom stereocenters. The van der Waals surface area contributed by atoms with Crippen LogP contribution in [0.4, 0.5) is 10.1 Å².